The molecule has 3 heteroatoms. The number of rotatable bonds is 6. The molecule has 0 bridgehead atoms. The number of hydrogen-bond donors (Lipinski definition) is 0. The Balaban J connectivity index is 2.14. The molecule has 1 aromatic carbocycles. The van der Waals surface area contributed by atoms with E-state index in [-0.39, 0.29) is 0 Å². The number of nitrogens with zero attached hydrogens (tertiary/aromatic N) is 1. The topological polar surface area (TPSA) is 30.0 Å². The lowest BCUT2D eigenvalue weighted by Crippen LogP contribution is -1.91. The first-order valence-electron chi connectivity index (χ1n) is 6.92. The highest BCUT2D eigenvalue weighted by Gasteiger charge is 2.08. The van der Waals surface area contributed by atoms with E-state index in [0.717, 1.165) is 17.5 Å². The van der Waals surface area contributed by atoms with Gasteiger partial charge >= 0.3 is 0 Å². The lowest BCUT2D eigenvalue weighted by atomic mass is 10.1. The number of benzene rings is 1. The molecule has 1 aromatic heterocycles. The van der Waals surface area contributed by atoms with Gasteiger partial charge in [-0.15, -0.1) is 11.3 Å². The number of thiazole rings is 1. The van der Waals surface area contributed by atoms with Crippen molar-refractivity contribution in [2.75, 3.05) is 0 Å². The van der Waals surface area contributed by atoms with Crippen LogP contribution in [0.4, 0.5) is 0 Å². The summed E-state index contributed by atoms with van der Waals surface area (Å²) in [7, 11) is 0. The van der Waals surface area contributed by atoms with Gasteiger partial charge in [-0.25, -0.2) is 4.98 Å². The maximum Gasteiger partial charge on any atom is 0.150 e. The van der Waals surface area contributed by atoms with E-state index < -0.39 is 0 Å². The number of aromatic nitrogens is 1. The Hall–Kier alpha value is -1.74. The molecule has 0 aliphatic carbocycles. The van der Waals surface area contributed by atoms with Gasteiger partial charge in [-0.05, 0) is 18.1 Å². The Morgan fingerprint density at radius 2 is 2.00 bits per heavy atom. The van der Waals surface area contributed by atoms with Crippen molar-refractivity contribution in [3.63, 3.8) is 0 Å². The van der Waals surface area contributed by atoms with E-state index in [2.05, 4.69) is 24.2 Å². The van der Waals surface area contributed by atoms with Gasteiger partial charge in [0.2, 0.25) is 0 Å². The minimum Gasteiger partial charge on any atom is -0.298 e. The van der Waals surface area contributed by atoms with Gasteiger partial charge in [0.1, 0.15) is 0 Å². The monoisotopic (exact) mass is 285 g/mol. The molecule has 2 rings (SSSR count). The van der Waals surface area contributed by atoms with Gasteiger partial charge < -0.3 is 0 Å². The van der Waals surface area contributed by atoms with E-state index in [1.54, 1.807) is 11.3 Å². The van der Waals surface area contributed by atoms with E-state index in [0.29, 0.717) is 11.5 Å². The van der Waals surface area contributed by atoms with Gasteiger partial charge in [-0.1, -0.05) is 50.6 Å². The van der Waals surface area contributed by atoms with E-state index >= 15 is 0 Å². The molecule has 1 unspecified atom stereocenters. The SMILES string of the molecule is CCCC(C)c1nc(/C=C/c2ccccc2C=O)cs1. The van der Waals surface area contributed by atoms with Gasteiger partial charge in [0.05, 0.1) is 10.7 Å². The smallest absolute Gasteiger partial charge is 0.150 e. The largest absolute Gasteiger partial charge is 0.298 e. The molecule has 0 aliphatic heterocycles. The van der Waals surface area contributed by atoms with Crippen molar-refractivity contribution in [2.45, 2.75) is 32.6 Å². The molecule has 2 aromatic rings. The van der Waals surface area contributed by atoms with Crippen LogP contribution in [0.3, 0.4) is 0 Å². The molecule has 0 spiro atoms. The number of aldehydes is 1. The molecule has 0 radical (unpaired) electrons. The molecule has 0 fully saturated rings. The summed E-state index contributed by atoms with van der Waals surface area (Å²) >= 11 is 1.71. The Labute approximate surface area is 124 Å². The molecular formula is C17H19NOS. The van der Waals surface area contributed by atoms with Gasteiger partial charge in [0.25, 0.3) is 0 Å². The van der Waals surface area contributed by atoms with Crippen molar-refractivity contribution in [3.05, 3.63) is 51.5 Å². The van der Waals surface area contributed by atoms with E-state index in [1.165, 1.54) is 17.8 Å². The summed E-state index contributed by atoms with van der Waals surface area (Å²) in [5.74, 6) is 0.523. The minimum absolute atomic E-state index is 0.523. The van der Waals surface area contributed by atoms with Crippen LogP contribution < -0.4 is 0 Å². The lowest BCUT2D eigenvalue weighted by Gasteiger charge is -2.04. The van der Waals surface area contributed by atoms with Crippen molar-refractivity contribution in [3.8, 4) is 0 Å². The molecule has 0 saturated carbocycles. The average Bonchev–Trinajstić information content (AvgIpc) is 2.94. The normalized spacial score (nSPS) is 12.7. The predicted molar refractivity (Wildman–Crippen MR) is 86.2 cm³/mol. The highest BCUT2D eigenvalue weighted by Crippen LogP contribution is 2.24. The summed E-state index contributed by atoms with van der Waals surface area (Å²) < 4.78 is 0. The van der Waals surface area contributed by atoms with Crippen LogP contribution in [0.25, 0.3) is 12.2 Å². The van der Waals surface area contributed by atoms with Crippen LogP contribution in [0.1, 0.15) is 59.2 Å². The second-order valence-corrected chi connectivity index (χ2v) is 5.77. The summed E-state index contributed by atoms with van der Waals surface area (Å²) in [4.78, 5) is 15.6. The second kappa shape index (κ2) is 7.15. The Morgan fingerprint density at radius 3 is 2.70 bits per heavy atom. The molecule has 20 heavy (non-hydrogen) atoms. The third-order valence-electron chi connectivity index (χ3n) is 3.24. The Kier molecular flexibility index (Phi) is 5.24. The van der Waals surface area contributed by atoms with Gasteiger partial charge in [0, 0.05) is 16.9 Å². The summed E-state index contributed by atoms with van der Waals surface area (Å²) in [6.07, 6.45) is 7.16. The number of hydrogen-bond acceptors (Lipinski definition) is 3. The zero-order chi connectivity index (χ0) is 14.4. The third kappa shape index (κ3) is 3.64. The van der Waals surface area contributed by atoms with Crippen LogP contribution in [0, 0.1) is 0 Å². The summed E-state index contributed by atoms with van der Waals surface area (Å²) in [6.45, 7) is 4.42. The summed E-state index contributed by atoms with van der Waals surface area (Å²) in [5, 5.41) is 3.26. The third-order valence-corrected chi connectivity index (χ3v) is 4.33. The van der Waals surface area contributed by atoms with Crippen LogP contribution in [-0.2, 0) is 0 Å². The van der Waals surface area contributed by atoms with Crippen molar-refractivity contribution in [1.29, 1.82) is 0 Å². The lowest BCUT2D eigenvalue weighted by molar-refractivity contribution is 0.112. The predicted octanol–water partition coefficient (Wildman–Crippen LogP) is 5.03. The maximum atomic E-state index is 11.0. The average molecular weight is 285 g/mol. The Bertz CT molecular complexity index is 601. The summed E-state index contributed by atoms with van der Waals surface area (Å²) in [5.41, 5.74) is 2.60. The molecule has 1 heterocycles. The maximum absolute atomic E-state index is 11.0. The zero-order valence-corrected chi connectivity index (χ0v) is 12.7. The first-order chi connectivity index (χ1) is 9.74. The zero-order valence-electron chi connectivity index (χ0n) is 11.9. The van der Waals surface area contributed by atoms with E-state index in [9.17, 15) is 4.79 Å². The molecule has 0 N–H and O–H groups in total. The van der Waals surface area contributed by atoms with Crippen LogP contribution in [0.2, 0.25) is 0 Å². The van der Waals surface area contributed by atoms with Crippen LogP contribution >= 0.6 is 11.3 Å². The van der Waals surface area contributed by atoms with Crippen LogP contribution in [0.15, 0.2) is 29.6 Å². The highest BCUT2D eigenvalue weighted by atomic mass is 32.1. The molecule has 0 aliphatic rings. The molecule has 104 valence electrons. The quantitative estimate of drug-likeness (QED) is 0.697. The van der Waals surface area contributed by atoms with Crippen molar-refractivity contribution >= 4 is 29.8 Å². The number of carbonyl (C=O) groups excluding carboxylic acids is 1. The van der Waals surface area contributed by atoms with Crippen molar-refractivity contribution in [2.24, 2.45) is 0 Å². The molecule has 0 amide bonds. The first-order valence-corrected chi connectivity index (χ1v) is 7.80. The van der Waals surface area contributed by atoms with Crippen LogP contribution in [0.5, 0.6) is 0 Å². The fraction of sp³-hybridized carbons (Fsp3) is 0.294. The molecule has 0 saturated heterocycles. The standard InChI is InChI=1S/C17H19NOS/c1-3-6-13(2)17-18-16(12-20-17)10-9-14-7-4-5-8-15(14)11-19/h4-5,7-13H,3,6H2,1-2H3/b10-9+. The second-order valence-electron chi connectivity index (χ2n) is 4.88. The first kappa shape index (κ1) is 14.7. The molecule has 2 nitrogen and oxygen atoms in total. The van der Waals surface area contributed by atoms with E-state index in [1.807, 2.05) is 36.4 Å². The molecule has 1 atom stereocenters. The van der Waals surface area contributed by atoms with Crippen molar-refractivity contribution in [1.82, 2.24) is 4.98 Å². The van der Waals surface area contributed by atoms with Crippen molar-refractivity contribution < 1.29 is 4.79 Å². The molecular weight excluding hydrogens is 266 g/mol. The Morgan fingerprint density at radius 1 is 1.25 bits per heavy atom. The van der Waals surface area contributed by atoms with Gasteiger partial charge in [-0.3, -0.25) is 4.79 Å². The summed E-state index contributed by atoms with van der Waals surface area (Å²) in [6, 6.07) is 7.56. The highest BCUT2D eigenvalue weighted by molar-refractivity contribution is 7.09. The van der Waals surface area contributed by atoms with Crippen LogP contribution in [-0.4, -0.2) is 11.3 Å². The minimum atomic E-state index is 0.523. The fourth-order valence-corrected chi connectivity index (χ4v) is 2.99. The van der Waals surface area contributed by atoms with Gasteiger partial charge in [0.15, 0.2) is 6.29 Å². The van der Waals surface area contributed by atoms with E-state index in [4.69, 9.17) is 0 Å². The van der Waals surface area contributed by atoms with Gasteiger partial charge in [-0.2, -0.15) is 0 Å². The fourth-order valence-electron chi connectivity index (χ4n) is 2.11. The number of carbonyl (C=O) groups is 1.